The number of carbonyl (C=O) groups excluding carboxylic acids is 2. The fourth-order valence-electron chi connectivity index (χ4n) is 4.56. The summed E-state index contributed by atoms with van der Waals surface area (Å²) in [6, 6.07) is 6.20. The first-order chi connectivity index (χ1) is 13.9. The summed E-state index contributed by atoms with van der Waals surface area (Å²) in [6.45, 7) is 8.26. The Kier molecular flexibility index (Phi) is 6.59. The molecular formula is C22H30N2O5. The van der Waals surface area contributed by atoms with E-state index in [0.717, 1.165) is 30.9 Å². The fraction of sp³-hybridized carbons (Fsp3) is 0.545. The summed E-state index contributed by atoms with van der Waals surface area (Å²) in [5.74, 6) is -0.134. The minimum absolute atomic E-state index is 0.126. The maximum Gasteiger partial charge on any atom is 0.311 e. The van der Waals surface area contributed by atoms with Crippen molar-refractivity contribution in [2.24, 2.45) is 5.92 Å². The molecule has 2 saturated heterocycles. The molecule has 0 saturated carbocycles. The SMILES string of the molecule is C=CCON1C(=O)C[C@@H](C(=O)OC)C12CCN(Cc1ccc(OC)c(C)c1)CC2. The number of hydrogen-bond acceptors (Lipinski definition) is 6. The van der Waals surface area contributed by atoms with E-state index < -0.39 is 11.5 Å². The predicted molar refractivity (Wildman–Crippen MR) is 108 cm³/mol. The van der Waals surface area contributed by atoms with Gasteiger partial charge >= 0.3 is 5.97 Å². The van der Waals surface area contributed by atoms with Gasteiger partial charge in [-0.1, -0.05) is 18.2 Å². The molecule has 2 fully saturated rings. The number of benzene rings is 1. The number of nitrogens with zero attached hydrogens (tertiary/aromatic N) is 2. The van der Waals surface area contributed by atoms with Gasteiger partial charge < -0.3 is 9.47 Å². The first-order valence-corrected chi connectivity index (χ1v) is 9.95. The van der Waals surface area contributed by atoms with Crippen LogP contribution in [0.3, 0.4) is 0 Å². The van der Waals surface area contributed by atoms with Gasteiger partial charge in [0.15, 0.2) is 0 Å². The Labute approximate surface area is 172 Å². The molecule has 2 aliphatic rings. The average Bonchev–Trinajstić information content (AvgIpc) is 2.99. The van der Waals surface area contributed by atoms with Gasteiger partial charge in [0.05, 0.1) is 32.3 Å². The van der Waals surface area contributed by atoms with Gasteiger partial charge in [0.2, 0.25) is 5.91 Å². The van der Waals surface area contributed by atoms with Gasteiger partial charge in [-0.3, -0.25) is 19.3 Å². The number of amides is 1. The Morgan fingerprint density at radius 3 is 2.62 bits per heavy atom. The van der Waals surface area contributed by atoms with Crippen molar-refractivity contribution in [2.75, 3.05) is 33.9 Å². The Bertz CT molecular complexity index is 770. The molecule has 158 valence electrons. The van der Waals surface area contributed by atoms with Crippen LogP contribution in [-0.2, 0) is 25.7 Å². The molecule has 1 amide bonds. The van der Waals surface area contributed by atoms with Gasteiger partial charge in [-0.2, -0.15) is 0 Å². The summed E-state index contributed by atoms with van der Waals surface area (Å²) < 4.78 is 10.3. The molecule has 0 aromatic heterocycles. The van der Waals surface area contributed by atoms with E-state index in [9.17, 15) is 9.59 Å². The van der Waals surface area contributed by atoms with Gasteiger partial charge in [0.25, 0.3) is 0 Å². The molecule has 0 unspecified atom stereocenters. The number of ether oxygens (including phenoxy) is 2. The smallest absolute Gasteiger partial charge is 0.311 e. The van der Waals surface area contributed by atoms with Crippen molar-refractivity contribution in [3.8, 4) is 5.75 Å². The van der Waals surface area contributed by atoms with Crippen molar-refractivity contribution >= 4 is 11.9 Å². The highest BCUT2D eigenvalue weighted by Gasteiger charge is 2.58. The first kappa shape index (κ1) is 21.3. The summed E-state index contributed by atoms with van der Waals surface area (Å²) in [5.41, 5.74) is 1.67. The third kappa shape index (κ3) is 4.16. The number of carbonyl (C=O) groups is 2. The van der Waals surface area contributed by atoms with Crippen molar-refractivity contribution in [1.29, 1.82) is 0 Å². The number of piperidine rings is 1. The maximum atomic E-state index is 12.6. The fourth-order valence-corrected chi connectivity index (χ4v) is 4.56. The second-order valence-corrected chi connectivity index (χ2v) is 7.74. The van der Waals surface area contributed by atoms with Crippen LogP contribution in [-0.4, -0.2) is 61.3 Å². The summed E-state index contributed by atoms with van der Waals surface area (Å²) in [4.78, 5) is 33.1. The maximum absolute atomic E-state index is 12.6. The number of hydrogen-bond donors (Lipinski definition) is 0. The lowest BCUT2D eigenvalue weighted by molar-refractivity contribution is -0.218. The molecule has 0 aliphatic carbocycles. The number of aryl methyl sites for hydroxylation is 1. The van der Waals surface area contributed by atoms with Gasteiger partial charge in [-0.25, -0.2) is 5.06 Å². The molecule has 0 radical (unpaired) electrons. The van der Waals surface area contributed by atoms with Crippen molar-refractivity contribution in [3.63, 3.8) is 0 Å². The first-order valence-electron chi connectivity index (χ1n) is 9.95. The molecular weight excluding hydrogens is 372 g/mol. The Morgan fingerprint density at radius 1 is 1.31 bits per heavy atom. The van der Waals surface area contributed by atoms with Gasteiger partial charge in [-0.15, -0.1) is 6.58 Å². The van der Waals surface area contributed by atoms with E-state index in [1.54, 1.807) is 13.2 Å². The van der Waals surface area contributed by atoms with Gasteiger partial charge in [-0.05, 0) is 37.0 Å². The third-order valence-corrected chi connectivity index (χ3v) is 6.05. The van der Waals surface area contributed by atoms with Crippen molar-refractivity contribution in [2.45, 2.75) is 38.3 Å². The molecule has 1 spiro atoms. The second kappa shape index (κ2) is 8.97. The van der Waals surface area contributed by atoms with E-state index in [4.69, 9.17) is 14.3 Å². The van der Waals surface area contributed by atoms with Crippen molar-refractivity contribution < 1.29 is 23.9 Å². The molecule has 29 heavy (non-hydrogen) atoms. The van der Waals surface area contributed by atoms with Crippen LogP contribution < -0.4 is 4.74 Å². The molecule has 2 heterocycles. The lowest BCUT2D eigenvalue weighted by Crippen LogP contribution is -2.57. The van der Waals surface area contributed by atoms with Crippen LogP contribution >= 0.6 is 0 Å². The number of likely N-dealkylation sites (tertiary alicyclic amines) is 1. The highest BCUT2D eigenvalue weighted by atomic mass is 16.7. The monoisotopic (exact) mass is 402 g/mol. The molecule has 0 N–H and O–H groups in total. The minimum atomic E-state index is -0.653. The molecule has 0 bridgehead atoms. The normalized spacial score (nSPS) is 21.4. The van der Waals surface area contributed by atoms with Crippen LogP contribution in [0.2, 0.25) is 0 Å². The molecule has 7 heteroatoms. The molecule has 1 aromatic rings. The van der Waals surface area contributed by atoms with E-state index in [1.807, 2.05) is 13.0 Å². The highest BCUT2D eigenvalue weighted by molar-refractivity contribution is 5.88. The lowest BCUT2D eigenvalue weighted by Gasteiger charge is -2.45. The summed E-state index contributed by atoms with van der Waals surface area (Å²) in [5, 5.41) is 1.44. The van der Waals surface area contributed by atoms with Crippen LogP contribution in [0.25, 0.3) is 0 Å². The standard InChI is InChI=1S/C22H30N2O5/c1-5-12-29-24-20(25)14-18(21(26)28-4)22(24)8-10-23(11-9-22)15-17-6-7-19(27-3)16(2)13-17/h5-7,13,18H,1,8-12,14-15H2,2-4H3/t18-/m0/s1. The van der Waals surface area contributed by atoms with Crippen LogP contribution in [0.5, 0.6) is 5.75 Å². The van der Waals surface area contributed by atoms with E-state index in [1.165, 1.54) is 17.7 Å². The van der Waals surface area contributed by atoms with Gasteiger partial charge in [0, 0.05) is 26.1 Å². The zero-order valence-corrected chi connectivity index (χ0v) is 17.5. The summed E-state index contributed by atoms with van der Waals surface area (Å²) >= 11 is 0. The Morgan fingerprint density at radius 2 is 2.03 bits per heavy atom. The van der Waals surface area contributed by atoms with Crippen molar-refractivity contribution in [1.82, 2.24) is 9.96 Å². The third-order valence-electron chi connectivity index (χ3n) is 6.05. The topological polar surface area (TPSA) is 68.3 Å². The number of esters is 1. The summed E-state index contributed by atoms with van der Waals surface area (Å²) in [6.07, 6.45) is 3.05. The molecule has 2 aliphatic heterocycles. The van der Waals surface area contributed by atoms with Gasteiger partial charge in [0.1, 0.15) is 5.75 Å². The molecule has 1 aromatic carbocycles. The molecule has 3 rings (SSSR count). The van der Waals surface area contributed by atoms with E-state index in [-0.39, 0.29) is 24.9 Å². The van der Waals surface area contributed by atoms with Crippen LogP contribution in [0.4, 0.5) is 0 Å². The zero-order valence-electron chi connectivity index (χ0n) is 17.5. The Balaban J connectivity index is 1.73. The largest absolute Gasteiger partial charge is 0.496 e. The minimum Gasteiger partial charge on any atom is -0.496 e. The number of methoxy groups -OCH3 is 2. The highest BCUT2D eigenvalue weighted by Crippen LogP contribution is 2.44. The number of hydroxylamine groups is 2. The lowest BCUT2D eigenvalue weighted by atomic mass is 9.77. The zero-order chi connectivity index (χ0) is 21.0. The van der Waals surface area contributed by atoms with Crippen LogP contribution in [0.15, 0.2) is 30.9 Å². The number of rotatable bonds is 7. The van der Waals surface area contributed by atoms with Crippen LogP contribution in [0.1, 0.15) is 30.4 Å². The molecule has 7 nitrogen and oxygen atoms in total. The van der Waals surface area contributed by atoms with Crippen LogP contribution in [0, 0.1) is 12.8 Å². The van der Waals surface area contributed by atoms with E-state index >= 15 is 0 Å². The van der Waals surface area contributed by atoms with Crippen molar-refractivity contribution in [3.05, 3.63) is 42.0 Å². The Hall–Kier alpha value is -2.38. The second-order valence-electron chi connectivity index (χ2n) is 7.74. The molecule has 1 atom stereocenters. The predicted octanol–water partition coefficient (Wildman–Crippen LogP) is 2.48. The quantitative estimate of drug-likeness (QED) is 0.516. The average molecular weight is 402 g/mol. The van der Waals surface area contributed by atoms with E-state index in [0.29, 0.717) is 12.8 Å². The summed E-state index contributed by atoms with van der Waals surface area (Å²) in [7, 11) is 3.04. The van der Waals surface area contributed by atoms with E-state index in [2.05, 4.69) is 23.6 Å².